The first kappa shape index (κ1) is 12.1. The maximum Gasteiger partial charge on any atom is 0.332 e. The van der Waals surface area contributed by atoms with Crippen LogP contribution in [-0.4, -0.2) is 35.1 Å². The number of rotatable bonds is 4. The molecule has 0 aromatic rings. The molecule has 7 heteroatoms. The van der Waals surface area contributed by atoms with Crippen LogP contribution in [0.5, 0.6) is 0 Å². The lowest BCUT2D eigenvalue weighted by molar-refractivity contribution is -0.135. The Morgan fingerprint density at radius 3 is 2.29 bits per heavy atom. The van der Waals surface area contributed by atoms with Crippen molar-refractivity contribution in [3.63, 3.8) is 0 Å². The van der Waals surface area contributed by atoms with Crippen molar-refractivity contribution in [2.24, 2.45) is 0 Å². The van der Waals surface area contributed by atoms with Gasteiger partial charge in [0.05, 0.1) is 12.0 Å². The third kappa shape index (κ3) is 4.21. The van der Waals surface area contributed by atoms with Gasteiger partial charge in [-0.2, -0.15) is 0 Å². The van der Waals surface area contributed by atoms with Gasteiger partial charge in [-0.05, 0) is 0 Å². The smallest absolute Gasteiger partial charge is 0.332 e. The molecule has 0 spiro atoms. The standard InChI is InChI=1S/C7H10N2O5/c1-8-5(10)2-4(7(12)13)3-6(11)9-14/h2,14H,3H2,1H3,(H,8,10)(H,9,11)(H,12,13)/b4-2-. The molecule has 0 rings (SSSR count). The number of hydroxylamine groups is 1. The first-order valence-electron chi connectivity index (χ1n) is 3.59. The van der Waals surface area contributed by atoms with Crippen molar-refractivity contribution in [1.29, 1.82) is 0 Å². The van der Waals surface area contributed by atoms with Gasteiger partial charge in [-0.15, -0.1) is 0 Å². The molecular formula is C7H10N2O5. The Kier molecular flexibility index (Phi) is 4.93. The SMILES string of the molecule is CNC(=O)/C=C(/CC(=O)NO)C(=O)O. The van der Waals surface area contributed by atoms with Gasteiger partial charge < -0.3 is 10.4 Å². The van der Waals surface area contributed by atoms with Crippen molar-refractivity contribution in [2.75, 3.05) is 7.05 Å². The minimum atomic E-state index is -1.39. The molecule has 4 N–H and O–H groups in total. The minimum absolute atomic E-state index is 0.407. The number of nitrogens with one attached hydrogen (secondary N) is 2. The van der Waals surface area contributed by atoms with Crippen LogP contribution in [0.25, 0.3) is 0 Å². The van der Waals surface area contributed by atoms with Crippen LogP contribution in [0, 0.1) is 0 Å². The van der Waals surface area contributed by atoms with E-state index in [4.69, 9.17) is 10.3 Å². The van der Waals surface area contributed by atoms with Crippen LogP contribution in [0.1, 0.15) is 6.42 Å². The summed E-state index contributed by atoms with van der Waals surface area (Å²) < 4.78 is 0. The highest BCUT2D eigenvalue weighted by molar-refractivity contribution is 6.00. The lowest BCUT2D eigenvalue weighted by Gasteiger charge is -2.00. The third-order valence-electron chi connectivity index (χ3n) is 1.30. The van der Waals surface area contributed by atoms with Crippen molar-refractivity contribution in [1.82, 2.24) is 10.8 Å². The van der Waals surface area contributed by atoms with Crippen LogP contribution in [-0.2, 0) is 14.4 Å². The number of hydrogen-bond donors (Lipinski definition) is 4. The fourth-order valence-corrected chi connectivity index (χ4v) is 0.631. The predicted octanol–water partition coefficient (Wildman–Crippen LogP) is -1.36. The van der Waals surface area contributed by atoms with Crippen molar-refractivity contribution in [3.8, 4) is 0 Å². The molecule has 0 saturated heterocycles. The number of hydrogen-bond acceptors (Lipinski definition) is 4. The molecule has 0 aromatic carbocycles. The summed E-state index contributed by atoms with van der Waals surface area (Å²) in [4.78, 5) is 31.8. The van der Waals surface area contributed by atoms with Gasteiger partial charge in [-0.3, -0.25) is 14.8 Å². The lowest BCUT2D eigenvalue weighted by Crippen LogP contribution is -2.23. The van der Waals surface area contributed by atoms with Gasteiger partial charge in [-0.1, -0.05) is 0 Å². The molecule has 14 heavy (non-hydrogen) atoms. The molecule has 0 aliphatic heterocycles. The molecule has 2 amide bonds. The number of amides is 2. The van der Waals surface area contributed by atoms with E-state index in [0.29, 0.717) is 0 Å². The monoisotopic (exact) mass is 202 g/mol. The molecule has 0 aliphatic rings. The Bertz CT molecular complexity index is 284. The summed E-state index contributed by atoms with van der Waals surface area (Å²) in [5.74, 6) is -2.92. The van der Waals surface area contributed by atoms with E-state index < -0.39 is 29.8 Å². The van der Waals surface area contributed by atoms with Gasteiger partial charge in [0.1, 0.15) is 0 Å². The second-order valence-electron chi connectivity index (χ2n) is 2.30. The summed E-state index contributed by atoms with van der Waals surface area (Å²) >= 11 is 0. The van der Waals surface area contributed by atoms with Crippen molar-refractivity contribution < 1.29 is 24.7 Å². The largest absolute Gasteiger partial charge is 0.478 e. The highest BCUT2D eigenvalue weighted by atomic mass is 16.5. The van der Waals surface area contributed by atoms with E-state index in [-0.39, 0.29) is 0 Å². The van der Waals surface area contributed by atoms with Gasteiger partial charge in [0.2, 0.25) is 11.8 Å². The van der Waals surface area contributed by atoms with E-state index in [1.54, 1.807) is 0 Å². The highest BCUT2D eigenvalue weighted by Gasteiger charge is 2.13. The van der Waals surface area contributed by atoms with E-state index in [2.05, 4.69) is 5.32 Å². The second-order valence-corrected chi connectivity index (χ2v) is 2.30. The average Bonchev–Trinajstić information content (AvgIpc) is 2.16. The molecule has 0 saturated carbocycles. The molecule has 0 fully saturated rings. The first-order chi connectivity index (χ1) is 6.51. The van der Waals surface area contributed by atoms with Gasteiger partial charge in [0.15, 0.2) is 0 Å². The normalized spacial score (nSPS) is 10.6. The van der Waals surface area contributed by atoms with Gasteiger partial charge in [0, 0.05) is 13.1 Å². The quantitative estimate of drug-likeness (QED) is 0.255. The van der Waals surface area contributed by atoms with Crippen LogP contribution in [0.4, 0.5) is 0 Å². The molecule has 7 nitrogen and oxygen atoms in total. The molecule has 78 valence electrons. The maximum atomic E-state index is 10.8. The van der Waals surface area contributed by atoms with E-state index in [1.165, 1.54) is 12.5 Å². The fourth-order valence-electron chi connectivity index (χ4n) is 0.631. The van der Waals surface area contributed by atoms with E-state index in [1.807, 2.05) is 0 Å². The van der Waals surface area contributed by atoms with Crippen molar-refractivity contribution in [3.05, 3.63) is 11.6 Å². The Hall–Kier alpha value is -1.89. The second kappa shape index (κ2) is 5.70. The number of likely N-dealkylation sites (N-methyl/N-ethyl adjacent to an activating group) is 1. The maximum absolute atomic E-state index is 10.8. The van der Waals surface area contributed by atoms with Crippen LogP contribution in [0.15, 0.2) is 11.6 Å². The number of carbonyl (C=O) groups excluding carboxylic acids is 2. The van der Waals surface area contributed by atoms with E-state index >= 15 is 0 Å². The summed E-state index contributed by atoms with van der Waals surface area (Å²) in [6, 6.07) is 0. The van der Waals surface area contributed by atoms with Gasteiger partial charge in [0.25, 0.3) is 0 Å². The number of carboxylic acids is 1. The highest BCUT2D eigenvalue weighted by Crippen LogP contribution is 2.00. The van der Waals surface area contributed by atoms with Gasteiger partial charge in [-0.25, -0.2) is 10.3 Å². The zero-order chi connectivity index (χ0) is 11.1. The van der Waals surface area contributed by atoms with Crippen LogP contribution in [0.2, 0.25) is 0 Å². The fraction of sp³-hybridized carbons (Fsp3) is 0.286. The molecule has 0 aromatic heterocycles. The molecule has 0 aliphatic carbocycles. The zero-order valence-corrected chi connectivity index (χ0v) is 7.40. The molecular weight excluding hydrogens is 192 g/mol. The summed E-state index contributed by atoms with van der Waals surface area (Å²) in [6.45, 7) is 0. The van der Waals surface area contributed by atoms with Crippen LogP contribution in [0.3, 0.4) is 0 Å². The topological polar surface area (TPSA) is 116 Å². The van der Waals surface area contributed by atoms with E-state index in [0.717, 1.165) is 6.08 Å². The molecule has 0 radical (unpaired) electrons. The summed E-state index contributed by atoms with van der Waals surface area (Å²) in [5, 5.41) is 18.9. The predicted molar refractivity (Wildman–Crippen MR) is 44.3 cm³/mol. The molecule has 0 bridgehead atoms. The lowest BCUT2D eigenvalue weighted by atomic mass is 10.1. The Morgan fingerprint density at radius 2 is 1.93 bits per heavy atom. The molecule has 0 unspecified atom stereocenters. The van der Waals surface area contributed by atoms with Crippen molar-refractivity contribution >= 4 is 17.8 Å². The van der Waals surface area contributed by atoms with Crippen molar-refractivity contribution in [2.45, 2.75) is 6.42 Å². The third-order valence-corrected chi connectivity index (χ3v) is 1.30. The van der Waals surface area contributed by atoms with E-state index in [9.17, 15) is 14.4 Å². The Labute approximate surface area is 79.4 Å². The van der Waals surface area contributed by atoms with Crippen LogP contribution >= 0.6 is 0 Å². The summed E-state index contributed by atoms with van der Waals surface area (Å²) in [6.07, 6.45) is 0.205. The number of carbonyl (C=O) groups is 3. The summed E-state index contributed by atoms with van der Waals surface area (Å²) in [5.41, 5.74) is 0.860. The Morgan fingerprint density at radius 1 is 1.36 bits per heavy atom. The first-order valence-corrected chi connectivity index (χ1v) is 3.59. The summed E-state index contributed by atoms with van der Waals surface area (Å²) in [7, 11) is 1.32. The van der Waals surface area contributed by atoms with Gasteiger partial charge >= 0.3 is 5.97 Å². The number of aliphatic carboxylic acids is 1. The zero-order valence-electron chi connectivity index (χ0n) is 7.40. The minimum Gasteiger partial charge on any atom is -0.478 e. The average molecular weight is 202 g/mol. The number of carboxylic acid groups (broad SMARTS) is 1. The van der Waals surface area contributed by atoms with Crippen LogP contribution < -0.4 is 10.8 Å². The Balaban J connectivity index is 4.60. The molecule has 0 heterocycles. The molecule has 0 atom stereocenters.